The molecular formula is C22H19F2NO4. The third-order valence-corrected chi connectivity index (χ3v) is 5.28. The number of carbonyl (C=O) groups excluding carboxylic acids is 2. The first-order valence-corrected chi connectivity index (χ1v) is 9.37. The maximum Gasteiger partial charge on any atom is 0.295 e. The van der Waals surface area contributed by atoms with Gasteiger partial charge in [0.25, 0.3) is 11.7 Å². The molecule has 2 atom stereocenters. The number of hydrogen-bond acceptors (Lipinski definition) is 4. The third-order valence-electron chi connectivity index (χ3n) is 5.28. The molecule has 2 aromatic rings. The van der Waals surface area contributed by atoms with Crippen LogP contribution in [0.4, 0.5) is 8.78 Å². The van der Waals surface area contributed by atoms with Crippen LogP contribution in [0.2, 0.25) is 0 Å². The lowest BCUT2D eigenvalue weighted by Crippen LogP contribution is -2.36. The Balaban J connectivity index is 1.84. The van der Waals surface area contributed by atoms with Crippen LogP contribution in [0.5, 0.6) is 0 Å². The molecule has 0 saturated carbocycles. The zero-order valence-corrected chi connectivity index (χ0v) is 15.5. The average Bonchev–Trinajstić information content (AvgIpc) is 3.31. The Morgan fingerprint density at radius 2 is 1.83 bits per heavy atom. The van der Waals surface area contributed by atoms with Crippen LogP contribution in [-0.4, -0.2) is 41.0 Å². The molecule has 0 radical (unpaired) electrons. The van der Waals surface area contributed by atoms with E-state index in [0.29, 0.717) is 6.61 Å². The number of aliphatic hydroxyl groups excluding tert-OH is 1. The summed E-state index contributed by atoms with van der Waals surface area (Å²) in [4.78, 5) is 26.9. The molecule has 2 aliphatic rings. The van der Waals surface area contributed by atoms with Crippen molar-refractivity contribution in [1.29, 1.82) is 0 Å². The number of ether oxygens (including phenoxy) is 1. The molecular weight excluding hydrogens is 380 g/mol. The van der Waals surface area contributed by atoms with Crippen molar-refractivity contribution in [2.24, 2.45) is 0 Å². The van der Waals surface area contributed by atoms with E-state index in [1.807, 2.05) is 0 Å². The first-order chi connectivity index (χ1) is 14.0. The Labute approximate surface area is 166 Å². The summed E-state index contributed by atoms with van der Waals surface area (Å²) in [6.45, 7) is 0.679. The largest absolute Gasteiger partial charge is 0.507 e. The zero-order valence-electron chi connectivity index (χ0n) is 15.5. The summed E-state index contributed by atoms with van der Waals surface area (Å²) in [5.41, 5.74) is 0.0564. The highest BCUT2D eigenvalue weighted by molar-refractivity contribution is 6.46. The van der Waals surface area contributed by atoms with Gasteiger partial charge in [0.1, 0.15) is 17.4 Å². The topological polar surface area (TPSA) is 66.8 Å². The molecule has 0 aromatic heterocycles. The van der Waals surface area contributed by atoms with Crippen LogP contribution in [0.1, 0.15) is 30.0 Å². The Hall–Kier alpha value is -3.06. The fourth-order valence-electron chi connectivity index (χ4n) is 3.86. The molecule has 2 heterocycles. The second-order valence-corrected chi connectivity index (χ2v) is 7.11. The molecule has 1 N–H and O–H groups in total. The average molecular weight is 399 g/mol. The van der Waals surface area contributed by atoms with Crippen molar-refractivity contribution < 1.29 is 28.2 Å². The van der Waals surface area contributed by atoms with Gasteiger partial charge in [-0.2, -0.15) is 0 Å². The SMILES string of the molecule is O=C1C(=O)N(C[C@H]2CCCO2)[C@@H](c2ccccc2F)C1=C(O)c1ccc(F)cc1. The molecule has 150 valence electrons. The van der Waals surface area contributed by atoms with Gasteiger partial charge in [0.2, 0.25) is 0 Å². The monoisotopic (exact) mass is 399 g/mol. The van der Waals surface area contributed by atoms with Crippen LogP contribution < -0.4 is 0 Å². The lowest BCUT2D eigenvalue weighted by Gasteiger charge is -2.27. The van der Waals surface area contributed by atoms with E-state index in [0.717, 1.165) is 25.0 Å². The number of likely N-dealkylation sites (tertiary alicyclic amines) is 1. The minimum Gasteiger partial charge on any atom is -0.507 e. The van der Waals surface area contributed by atoms with E-state index in [2.05, 4.69) is 0 Å². The number of rotatable bonds is 4. The fourth-order valence-corrected chi connectivity index (χ4v) is 3.86. The van der Waals surface area contributed by atoms with E-state index in [1.54, 1.807) is 6.07 Å². The molecule has 0 aliphatic carbocycles. The predicted molar refractivity (Wildman–Crippen MR) is 101 cm³/mol. The Morgan fingerprint density at radius 1 is 1.10 bits per heavy atom. The molecule has 4 rings (SSSR count). The van der Waals surface area contributed by atoms with Crippen LogP contribution in [0.3, 0.4) is 0 Å². The van der Waals surface area contributed by atoms with Crippen LogP contribution in [0.25, 0.3) is 5.76 Å². The highest BCUT2D eigenvalue weighted by Crippen LogP contribution is 2.40. The van der Waals surface area contributed by atoms with Crippen molar-refractivity contribution in [2.75, 3.05) is 13.2 Å². The van der Waals surface area contributed by atoms with Gasteiger partial charge in [-0.3, -0.25) is 9.59 Å². The maximum absolute atomic E-state index is 14.6. The van der Waals surface area contributed by atoms with Gasteiger partial charge in [0.15, 0.2) is 0 Å². The molecule has 0 unspecified atom stereocenters. The molecule has 1 amide bonds. The normalized spacial score (nSPS) is 23.7. The van der Waals surface area contributed by atoms with Gasteiger partial charge in [0.05, 0.1) is 17.7 Å². The van der Waals surface area contributed by atoms with Crippen molar-refractivity contribution in [1.82, 2.24) is 4.90 Å². The van der Waals surface area contributed by atoms with Gasteiger partial charge in [-0.25, -0.2) is 8.78 Å². The number of Topliss-reactive ketones (excluding diaryl/α,β-unsaturated/α-hetero) is 1. The summed E-state index contributed by atoms with van der Waals surface area (Å²) in [5.74, 6) is -3.30. The first kappa shape index (κ1) is 19.3. The highest BCUT2D eigenvalue weighted by atomic mass is 19.1. The van der Waals surface area contributed by atoms with Crippen molar-refractivity contribution in [3.05, 3.63) is 76.9 Å². The van der Waals surface area contributed by atoms with Crippen molar-refractivity contribution in [3.8, 4) is 0 Å². The Bertz CT molecular complexity index is 981. The van der Waals surface area contributed by atoms with E-state index in [4.69, 9.17) is 4.74 Å². The molecule has 7 heteroatoms. The summed E-state index contributed by atoms with van der Waals surface area (Å²) in [6.07, 6.45) is 1.31. The third kappa shape index (κ3) is 3.53. The van der Waals surface area contributed by atoms with Crippen molar-refractivity contribution >= 4 is 17.4 Å². The van der Waals surface area contributed by atoms with Gasteiger partial charge in [0, 0.05) is 24.3 Å². The number of hydrogen-bond donors (Lipinski definition) is 1. The fraction of sp³-hybridized carbons (Fsp3) is 0.273. The predicted octanol–water partition coefficient (Wildman–Crippen LogP) is 3.57. The number of aliphatic hydroxyl groups is 1. The van der Waals surface area contributed by atoms with E-state index in [1.165, 1.54) is 35.2 Å². The number of ketones is 1. The number of benzene rings is 2. The molecule has 5 nitrogen and oxygen atoms in total. The minimum atomic E-state index is -1.09. The smallest absolute Gasteiger partial charge is 0.295 e. The Morgan fingerprint density at radius 3 is 2.48 bits per heavy atom. The van der Waals surface area contributed by atoms with E-state index in [-0.39, 0.29) is 29.3 Å². The first-order valence-electron chi connectivity index (χ1n) is 9.37. The molecule has 2 fully saturated rings. The molecule has 2 aliphatic heterocycles. The number of carbonyl (C=O) groups is 2. The van der Waals surface area contributed by atoms with E-state index in [9.17, 15) is 23.5 Å². The van der Waals surface area contributed by atoms with Crippen LogP contribution >= 0.6 is 0 Å². The van der Waals surface area contributed by atoms with Gasteiger partial charge >= 0.3 is 0 Å². The van der Waals surface area contributed by atoms with Crippen LogP contribution in [-0.2, 0) is 14.3 Å². The van der Waals surface area contributed by atoms with E-state index < -0.39 is 35.1 Å². The molecule has 29 heavy (non-hydrogen) atoms. The summed E-state index contributed by atoms with van der Waals surface area (Å²) >= 11 is 0. The van der Waals surface area contributed by atoms with Crippen LogP contribution in [0.15, 0.2) is 54.1 Å². The van der Waals surface area contributed by atoms with Crippen LogP contribution in [0, 0.1) is 11.6 Å². The van der Waals surface area contributed by atoms with E-state index >= 15 is 0 Å². The van der Waals surface area contributed by atoms with Gasteiger partial charge in [-0.05, 0) is 43.2 Å². The zero-order chi connectivity index (χ0) is 20.5. The summed E-state index contributed by atoms with van der Waals surface area (Å²) in [6, 6.07) is 9.60. The molecule has 2 aromatic carbocycles. The second kappa shape index (κ2) is 7.75. The Kier molecular flexibility index (Phi) is 5.15. The number of nitrogens with zero attached hydrogens (tertiary/aromatic N) is 1. The standard InChI is InChI=1S/C22H19F2NO4/c23-14-9-7-13(8-10-14)20(26)18-19(16-5-1-2-6-17(16)24)25(22(28)21(18)27)12-15-4-3-11-29-15/h1-2,5-10,15,19,26H,3-4,11-12H2/t15-,19+/m1/s1. The lowest BCUT2D eigenvalue weighted by atomic mass is 9.95. The molecule has 0 spiro atoms. The second-order valence-electron chi connectivity index (χ2n) is 7.11. The quantitative estimate of drug-likeness (QED) is 0.485. The molecule has 2 saturated heterocycles. The number of halogens is 2. The molecule has 0 bridgehead atoms. The lowest BCUT2D eigenvalue weighted by molar-refractivity contribution is -0.140. The van der Waals surface area contributed by atoms with Gasteiger partial charge < -0.3 is 14.7 Å². The maximum atomic E-state index is 14.6. The summed E-state index contributed by atoms with van der Waals surface area (Å²) in [5, 5.41) is 10.8. The highest BCUT2D eigenvalue weighted by Gasteiger charge is 2.47. The van der Waals surface area contributed by atoms with Crippen molar-refractivity contribution in [3.63, 3.8) is 0 Å². The van der Waals surface area contributed by atoms with Crippen molar-refractivity contribution in [2.45, 2.75) is 25.0 Å². The number of amides is 1. The van der Waals surface area contributed by atoms with Gasteiger partial charge in [-0.1, -0.05) is 18.2 Å². The summed E-state index contributed by atoms with van der Waals surface area (Å²) < 4.78 is 33.5. The summed E-state index contributed by atoms with van der Waals surface area (Å²) in [7, 11) is 0. The minimum absolute atomic E-state index is 0.105. The van der Waals surface area contributed by atoms with Gasteiger partial charge in [-0.15, -0.1) is 0 Å².